The van der Waals surface area contributed by atoms with Gasteiger partial charge in [-0.3, -0.25) is 9.48 Å². The lowest BCUT2D eigenvalue weighted by Gasteiger charge is -2.16. The average molecular weight is 334 g/mol. The van der Waals surface area contributed by atoms with Gasteiger partial charge in [-0.15, -0.1) is 0 Å². The second kappa shape index (κ2) is 4.74. The second-order valence-electron chi connectivity index (χ2n) is 5.38. The predicted octanol–water partition coefficient (Wildman–Crippen LogP) is 3.14. The van der Waals surface area contributed by atoms with Gasteiger partial charge >= 0.3 is 0 Å². The Hall–Kier alpha value is -1.62. The largest absolute Gasteiger partial charge is 0.340 e. The normalized spacial score (nSPS) is 17.4. The lowest BCUT2D eigenvalue weighted by atomic mass is 9.95. The Morgan fingerprint density at radius 3 is 2.55 bits per heavy atom. The Morgan fingerprint density at radius 2 is 1.95 bits per heavy atom. The summed E-state index contributed by atoms with van der Waals surface area (Å²) in [5, 5.41) is 7.41. The standard InChI is InChI=1S/C15H16BrN3O/c1-8(2)14-11-12(9-4-6-10(16)7-5-9)17-15(20)13(11)18-19(14)3/h4-8,12H,1-3H3,(H,17,20). The van der Waals surface area contributed by atoms with Gasteiger partial charge in [0.15, 0.2) is 5.69 Å². The Bertz CT molecular complexity index is 673. The number of nitrogens with one attached hydrogen (secondary N) is 1. The van der Waals surface area contributed by atoms with E-state index in [1.54, 1.807) is 0 Å². The van der Waals surface area contributed by atoms with Crippen LogP contribution in [0.15, 0.2) is 28.7 Å². The van der Waals surface area contributed by atoms with Gasteiger partial charge in [0.25, 0.3) is 5.91 Å². The maximum atomic E-state index is 12.1. The van der Waals surface area contributed by atoms with E-state index in [1.165, 1.54) is 0 Å². The van der Waals surface area contributed by atoms with Crippen LogP contribution in [0.2, 0.25) is 0 Å². The van der Waals surface area contributed by atoms with E-state index >= 15 is 0 Å². The average Bonchev–Trinajstić information content (AvgIpc) is 2.88. The van der Waals surface area contributed by atoms with Crippen LogP contribution in [0.1, 0.15) is 53.1 Å². The van der Waals surface area contributed by atoms with Crippen molar-refractivity contribution in [1.82, 2.24) is 15.1 Å². The topological polar surface area (TPSA) is 46.9 Å². The number of hydrogen-bond acceptors (Lipinski definition) is 2. The van der Waals surface area contributed by atoms with E-state index in [0.29, 0.717) is 11.6 Å². The molecule has 1 amide bonds. The van der Waals surface area contributed by atoms with E-state index in [-0.39, 0.29) is 11.9 Å². The first-order valence-electron chi connectivity index (χ1n) is 6.62. The molecule has 2 aromatic rings. The van der Waals surface area contributed by atoms with Crippen LogP contribution < -0.4 is 5.32 Å². The molecule has 0 saturated heterocycles. The van der Waals surface area contributed by atoms with E-state index in [0.717, 1.165) is 21.3 Å². The van der Waals surface area contributed by atoms with Crippen molar-refractivity contribution < 1.29 is 4.79 Å². The minimum atomic E-state index is -0.100. The van der Waals surface area contributed by atoms with Crippen LogP contribution in [0.5, 0.6) is 0 Å². The Balaban J connectivity index is 2.15. The lowest BCUT2D eigenvalue weighted by molar-refractivity contribution is 0.0954. The van der Waals surface area contributed by atoms with E-state index in [2.05, 4.69) is 40.2 Å². The number of nitrogens with zero attached hydrogens (tertiary/aromatic N) is 2. The summed E-state index contributed by atoms with van der Waals surface area (Å²) >= 11 is 3.44. The fourth-order valence-electron chi connectivity index (χ4n) is 2.87. The molecule has 0 bridgehead atoms. The molecule has 1 unspecified atom stereocenters. The number of hydrogen-bond donors (Lipinski definition) is 1. The van der Waals surface area contributed by atoms with E-state index < -0.39 is 0 Å². The summed E-state index contributed by atoms with van der Waals surface area (Å²) in [5.74, 6) is 0.234. The van der Waals surface area contributed by atoms with Gasteiger partial charge < -0.3 is 5.32 Å². The van der Waals surface area contributed by atoms with Gasteiger partial charge in [0, 0.05) is 22.8 Å². The molecule has 1 atom stereocenters. The molecule has 1 aromatic carbocycles. The van der Waals surface area contributed by atoms with Gasteiger partial charge in [-0.25, -0.2) is 0 Å². The highest BCUT2D eigenvalue weighted by Gasteiger charge is 2.36. The molecule has 2 heterocycles. The summed E-state index contributed by atoms with van der Waals surface area (Å²) in [7, 11) is 1.90. The summed E-state index contributed by atoms with van der Waals surface area (Å²) in [6, 6.07) is 7.94. The molecule has 3 rings (SSSR count). The van der Waals surface area contributed by atoms with Crippen molar-refractivity contribution in [1.29, 1.82) is 0 Å². The van der Waals surface area contributed by atoms with Crippen molar-refractivity contribution >= 4 is 21.8 Å². The molecule has 5 heteroatoms. The number of rotatable bonds is 2. The molecule has 0 saturated carbocycles. The van der Waals surface area contributed by atoms with Crippen LogP contribution in [0.25, 0.3) is 0 Å². The van der Waals surface area contributed by atoms with Crippen molar-refractivity contribution in [2.24, 2.45) is 7.05 Å². The fraction of sp³-hybridized carbons (Fsp3) is 0.333. The number of amides is 1. The van der Waals surface area contributed by atoms with Gasteiger partial charge in [0.2, 0.25) is 0 Å². The third kappa shape index (κ3) is 1.97. The smallest absolute Gasteiger partial charge is 0.272 e. The molecule has 4 nitrogen and oxygen atoms in total. The molecule has 1 aliphatic heterocycles. The van der Waals surface area contributed by atoms with E-state index in [4.69, 9.17) is 0 Å². The highest BCUT2D eigenvalue weighted by atomic mass is 79.9. The minimum absolute atomic E-state index is 0.0876. The van der Waals surface area contributed by atoms with Crippen molar-refractivity contribution in [2.45, 2.75) is 25.8 Å². The molecule has 0 radical (unpaired) electrons. The molecular weight excluding hydrogens is 318 g/mol. The monoisotopic (exact) mass is 333 g/mol. The van der Waals surface area contributed by atoms with Crippen LogP contribution in [0, 0.1) is 0 Å². The van der Waals surface area contributed by atoms with E-state index in [9.17, 15) is 4.79 Å². The molecule has 1 N–H and O–H groups in total. The number of carbonyl (C=O) groups is 1. The van der Waals surface area contributed by atoms with Gasteiger partial charge in [-0.1, -0.05) is 41.9 Å². The first-order chi connectivity index (χ1) is 9.49. The van der Waals surface area contributed by atoms with Crippen LogP contribution >= 0.6 is 15.9 Å². The summed E-state index contributed by atoms with van der Waals surface area (Å²) < 4.78 is 2.86. The first kappa shape index (κ1) is 13.4. The maximum Gasteiger partial charge on any atom is 0.272 e. The number of halogens is 1. The van der Waals surface area contributed by atoms with Crippen LogP contribution in [-0.4, -0.2) is 15.7 Å². The van der Waals surface area contributed by atoms with Crippen LogP contribution in [-0.2, 0) is 7.05 Å². The number of fused-ring (bicyclic) bond motifs is 1. The SMILES string of the molecule is CC(C)c1c2c(nn1C)C(=O)NC2c1ccc(Br)cc1. The predicted molar refractivity (Wildman–Crippen MR) is 80.7 cm³/mol. The number of carbonyl (C=O) groups excluding carboxylic acids is 1. The second-order valence-corrected chi connectivity index (χ2v) is 6.30. The fourth-order valence-corrected chi connectivity index (χ4v) is 3.13. The zero-order valence-corrected chi connectivity index (χ0v) is 13.2. The highest BCUT2D eigenvalue weighted by Crippen LogP contribution is 2.36. The molecular formula is C15H16BrN3O. The van der Waals surface area contributed by atoms with E-state index in [1.807, 2.05) is 36.0 Å². The minimum Gasteiger partial charge on any atom is -0.340 e. The Morgan fingerprint density at radius 1 is 1.30 bits per heavy atom. The Labute approximate surface area is 126 Å². The quantitative estimate of drug-likeness (QED) is 0.917. The number of aryl methyl sites for hydroxylation is 1. The summed E-state index contributed by atoms with van der Waals surface area (Å²) in [5.41, 5.74) is 3.78. The van der Waals surface area contributed by atoms with Gasteiger partial charge in [0.05, 0.1) is 6.04 Å². The Kier molecular flexibility index (Phi) is 3.17. The molecule has 1 aromatic heterocycles. The molecule has 104 valence electrons. The molecule has 0 spiro atoms. The zero-order valence-electron chi connectivity index (χ0n) is 11.6. The third-order valence-corrected chi connectivity index (χ3v) is 4.19. The van der Waals surface area contributed by atoms with Crippen molar-refractivity contribution in [3.63, 3.8) is 0 Å². The molecule has 0 aliphatic carbocycles. The lowest BCUT2D eigenvalue weighted by Crippen LogP contribution is -2.22. The summed E-state index contributed by atoms with van der Waals surface area (Å²) in [6.07, 6.45) is 0. The third-order valence-electron chi connectivity index (χ3n) is 3.66. The summed E-state index contributed by atoms with van der Waals surface area (Å²) in [6.45, 7) is 4.25. The van der Waals surface area contributed by atoms with Crippen molar-refractivity contribution in [3.8, 4) is 0 Å². The van der Waals surface area contributed by atoms with Crippen LogP contribution in [0.3, 0.4) is 0 Å². The number of aromatic nitrogens is 2. The van der Waals surface area contributed by atoms with Crippen LogP contribution in [0.4, 0.5) is 0 Å². The molecule has 0 fully saturated rings. The van der Waals surface area contributed by atoms with Gasteiger partial charge in [-0.05, 0) is 23.6 Å². The zero-order chi connectivity index (χ0) is 14.4. The maximum absolute atomic E-state index is 12.1. The highest BCUT2D eigenvalue weighted by molar-refractivity contribution is 9.10. The summed E-state index contributed by atoms with van der Waals surface area (Å²) in [4.78, 5) is 12.1. The molecule has 1 aliphatic rings. The van der Waals surface area contributed by atoms with Gasteiger partial charge in [-0.2, -0.15) is 5.10 Å². The van der Waals surface area contributed by atoms with Gasteiger partial charge in [0.1, 0.15) is 0 Å². The number of benzene rings is 1. The van der Waals surface area contributed by atoms with Crippen molar-refractivity contribution in [3.05, 3.63) is 51.3 Å². The first-order valence-corrected chi connectivity index (χ1v) is 7.41. The molecule has 20 heavy (non-hydrogen) atoms. The van der Waals surface area contributed by atoms with Crippen molar-refractivity contribution in [2.75, 3.05) is 0 Å².